The third-order valence-electron chi connectivity index (χ3n) is 2.48. The highest BCUT2D eigenvalue weighted by Gasteiger charge is 2.24. The first kappa shape index (κ1) is 9.20. The van der Waals surface area contributed by atoms with Crippen molar-refractivity contribution in [1.82, 2.24) is 4.98 Å². The van der Waals surface area contributed by atoms with Crippen LogP contribution in [0.15, 0.2) is 24.5 Å². The molecule has 0 amide bonds. The fourth-order valence-corrected chi connectivity index (χ4v) is 1.01. The van der Waals surface area contributed by atoms with Crippen LogP contribution in [0.4, 0.5) is 0 Å². The molecule has 66 valence electrons. The summed E-state index contributed by atoms with van der Waals surface area (Å²) < 4.78 is 0. The fourth-order valence-electron chi connectivity index (χ4n) is 1.01. The van der Waals surface area contributed by atoms with Crippen LogP contribution < -0.4 is 5.73 Å². The van der Waals surface area contributed by atoms with Crippen LogP contribution in [0, 0.1) is 5.92 Å². The van der Waals surface area contributed by atoms with Crippen molar-refractivity contribution >= 4 is 0 Å². The highest BCUT2D eigenvalue weighted by molar-refractivity contribution is 5.19. The Balaban J connectivity index is 2.98. The Kier molecular flexibility index (Phi) is 2.48. The van der Waals surface area contributed by atoms with E-state index in [2.05, 4.69) is 18.8 Å². The van der Waals surface area contributed by atoms with Crippen molar-refractivity contribution < 1.29 is 0 Å². The second-order valence-electron chi connectivity index (χ2n) is 3.68. The average Bonchev–Trinajstić information content (AvgIpc) is 2.06. The largest absolute Gasteiger partial charge is 0.321 e. The number of nitrogens with two attached hydrogens (primary N) is 1. The first-order chi connectivity index (χ1) is 5.55. The summed E-state index contributed by atoms with van der Waals surface area (Å²) in [6.45, 7) is 6.27. The third kappa shape index (κ3) is 1.64. The summed E-state index contributed by atoms with van der Waals surface area (Å²) in [4.78, 5) is 4.05. The minimum Gasteiger partial charge on any atom is -0.321 e. The van der Waals surface area contributed by atoms with E-state index in [4.69, 9.17) is 5.73 Å². The van der Waals surface area contributed by atoms with Gasteiger partial charge in [-0.15, -0.1) is 0 Å². The number of aromatic nitrogens is 1. The van der Waals surface area contributed by atoms with Crippen molar-refractivity contribution in [3.63, 3.8) is 0 Å². The Morgan fingerprint density at radius 3 is 2.58 bits per heavy atom. The van der Waals surface area contributed by atoms with E-state index < -0.39 is 0 Å². The molecular formula is C10H16N2. The zero-order valence-electron chi connectivity index (χ0n) is 7.91. The first-order valence-electron chi connectivity index (χ1n) is 4.24. The molecule has 0 aliphatic heterocycles. The molecule has 1 atom stereocenters. The van der Waals surface area contributed by atoms with E-state index in [1.54, 1.807) is 6.20 Å². The Morgan fingerprint density at radius 2 is 2.17 bits per heavy atom. The van der Waals surface area contributed by atoms with Crippen molar-refractivity contribution in [2.24, 2.45) is 11.7 Å². The van der Waals surface area contributed by atoms with Crippen LogP contribution in [0.3, 0.4) is 0 Å². The lowest BCUT2D eigenvalue weighted by molar-refractivity contribution is 0.349. The van der Waals surface area contributed by atoms with Crippen molar-refractivity contribution in [2.45, 2.75) is 26.3 Å². The summed E-state index contributed by atoms with van der Waals surface area (Å²) in [6, 6.07) is 3.94. The molecule has 0 spiro atoms. The molecule has 0 aromatic carbocycles. The molecule has 0 aliphatic carbocycles. The van der Waals surface area contributed by atoms with Gasteiger partial charge in [0.1, 0.15) is 0 Å². The molecule has 1 heterocycles. The minimum absolute atomic E-state index is 0.270. The van der Waals surface area contributed by atoms with E-state index in [1.165, 1.54) is 0 Å². The van der Waals surface area contributed by atoms with Gasteiger partial charge in [-0.1, -0.05) is 19.9 Å². The van der Waals surface area contributed by atoms with Crippen molar-refractivity contribution in [3.05, 3.63) is 30.1 Å². The zero-order valence-corrected chi connectivity index (χ0v) is 7.91. The SMILES string of the molecule is CC(C)[C@@](C)(N)c1cccnc1. The standard InChI is InChI=1S/C10H16N2/c1-8(2)10(3,11)9-5-4-6-12-7-9/h4-8H,11H2,1-3H3/t10-/m1/s1. The summed E-state index contributed by atoms with van der Waals surface area (Å²) in [7, 11) is 0. The van der Waals surface area contributed by atoms with E-state index in [0.29, 0.717) is 5.92 Å². The van der Waals surface area contributed by atoms with Gasteiger partial charge in [-0.25, -0.2) is 0 Å². The predicted octanol–water partition coefficient (Wildman–Crippen LogP) is 1.91. The predicted molar refractivity (Wildman–Crippen MR) is 50.6 cm³/mol. The highest BCUT2D eigenvalue weighted by Crippen LogP contribution is 2.24. The monoisotopic (exact) mass is 164 g/mol. The van der Waals surface area contributed by atoms with Gasteiger partial charge < -0.3 is 5.73 Å². The molecule has 0 saturated heterocycles. The van der Waals surface area contributed by atoms with Crippen LogP contribution in [0.1, 0.15) is 26.3 Å². The Hall–Kier alpha value is -0.890. The lowest BCUT2D eigenvalue weighted by Crippen LogP contribution is -2.38. The molecule has 2 heteroatoms. The number of hydrogen-bond acceptors (Lipinski definition) is 2. The molecule has 0 saturated carbocycles. The Labute approximate surface area is 73.8 Å². The first-order valence-corrected chi connectivity index (χ1v) is 4.24. The van der Waals surface area contributed by atoms with Crippen LogP contribution in [0.25, 0.3) is 0 Å². The van der Waals surface area contributed by atoms with Gasteiger partial charge in [0.25, 0.3) is 0 Å². The molecule has 1 aromatic rings. The summed E-state index contributed by atoms with van der Waals surface area (Å²) in [6.07, 6.45) is 3.60. The van der Waals surface area contributed by atoms with Gasteiger partial charge in [-0.2, -0.15) is 0 Å². The number of nitrogens with zero attached hydrogens (tertiary/aromatic N) is 1. The summed E-state index contributed by atoms with van der Waals surface area (Å²) in [5, 5.41) is 0. The zero-order chi connectivity index (χ0) is 9.19. The summed E-state index contributed by atoms with van der Waals surface area (Å²) in [5.74, 6) is 0.418. The maximum Gasteiger partial charge on any atom is 0.0419 e. The molecule has 0 radical (unpaired) electrons. The molecule has 0 aliphatic rings. The molecule has 0 fully saturated rings. The van der Waals surface area contributed by atoms with Crippen LogP contribution in [-0.4, -0.2) is 4.98 Å². The number of pyridine rings is 1. The molecular weight excluding hydrogens is 148 g/mol. The topological polar surface area (TPSA) is 38.9 Å². The van der Waals surface area contributed by atoms with Crippen molar-refractivity contribution in [1.29, 1.82) is 0 Å². The highest BCUT2D eigenvalue weighted by atomic mass is 14.8. The molecule has 0 bridgehead atoms. The number of rotatable bonds is 2. The van der Waals surface area contributed by atoms with Crippen molar-refractivity contribution in [3.8, 4) is 0 Å². The second kappa shape index (κ2) is 3.23. The normalized spacial score (nSPS) is 16.1. The van der Waals surface area contributed by atoms with Gasteiger partial charge in [-0.05, 0) is 24.5 Å². The van der Waals surface area contributed by atoms with E-state index in [1.807, 2.05) is 25.3 Å². The van der Waals surface area contributed by atoms with E-state index in [-0.39, 0.29) is 5.54 Å². The Morgan fingerprint density at radius 1 is 1.50 bits per heavy atom. The minimum atomic E-state index is -0.270. The quantitative estimate of drug-likeness (QED) is 0.725. The maximum absolute atomic E-state index is 6.14. The van der Waals surface area contributed by atoms with Crippen LogP contribution >= 0.6 is 0 Å². The lowest BCUT2D eigenvalue weighted by atomic mass is 9.84. The van der Waals surface area contributed by atoms with Gasteiger partial charge >= 0.3 is 0 Å². The van der Waals surface area contributed by atoms with Gasteiger partial charge in [-0.3, -0.25) is 4.98 Å². The molecule has 12 heavy (non-hydrogen) atoms. The van der Waals surface area contributed by atoms with Gasteiger partial charge in [0.15, 0.2) is 0 Å². The maximum atomic E-state index is 6.14. The van der Waals surface area contributed by atoms with Crippen LogP contribution in [0.2, 0.25) is 0 Å². The molecule has 2 N–H and O–H groups in total. The van der Waals surface area contributed by atoms with Gasteiger partial charge in [0, 0.05) is 17.9 Å². The lowest BCUT2D eigenvalue weighted by Gasteiger charge is -2.29. The van der Waals surface area contributed by atoms with Gasteiger partial charge in [0.2, 0.25) is 0 Å². The molecule has 2 nitrogen and oxygen atoms in total. The van der Waals surface area contributed by atoms with Crippen molar-refractivity contribution in [2.75, 3.05) is 0 Å². The molecule has 1 aromatic heterocycles. The van der Waals surface area contributed by atoms with Gasteiger partial charge in [0.05, 0.1) is 0 Å². The van der Waals surface area contributed by atoms with Crippen LogP contribution in [0.5, 0.6) is 0 Å². The fraction of sp³-hybridized carbons (Fsp3) is 0.500. The summed E-state index contributed by atoms with van der Waals surface area (Å²) >= 11 is 0. The number of hydrogen-bond donors (Lipinski definition) is 1. The van der Waals surface area contributed by atoms with E-state index in [9.17, 15) is 0 Å². The average molecular weight is 164 g/mol. The molecule has 0 unspecified atom stereocenters. The smallest absolute Gasteiger partial charge is 0.0419 e. The molecule has 1 rings (SSSR count). The van der Waals surface area contributed by atoms with Crippen LogP contribution in [-0.2, 0) is 5.54 Å². The summed E-state index contributed by atoms with van der Waals surface area (Å²) in [5.41, 5.74) is 6.97. The van der Waals surface area contributed by atoms with E-state index in [0.717, 1.165) is 5.56 Å². The van der Waals surface area contributed by atoms with E-state index >= 15 is 0 Å². The third-order valence-corrected chi connectivity index (χ3v) is 2.48. The second-order valence-corrected chi connectivity index (χ2v) is 3.68. The Bertz CT molecular complexity index is 239.